The minimum atomic E-state index is -2.61. The molecule has 0 bridgehead atoms. The van der Waals surface area contributed by atoms with Crippen molar-refractivity contribution in [1.82, 2.24) is 0 Å². The predicted molar refractivity (Wildman–Crippen MR) is 159 cm³/mol. The van der Waals surface area contributed by atoms with E-state index in [0.29, 0.717) is 38.5 Å². The summed E-state index contributed by atoms with van der Waals surface area (Å²) < 4.78 is 0. The highest BCUT2D eigenvalue weighted by Crippen LogP contribution is 2.76. The summed E-state index contributed by atoms with van der Waals surface area (Å²) in [6.07, 6.45) is 13.0. The van der Waals surface area contributed by atoms with Gasteiger partial charge in [0.1, 0.15) is 6.61 Å². The van der Waals surface area contributed by atoms with Gasteiger partial charge in [-0.15, -0.1) is 0 Å². The van der Waals surface area contributed by atoms with Crippen LogP contribution in [0.3, 0.4) is 0 Å². The van der Waals surface area contributed by atoms with Crippen LogP contribution in [0.4, 0.5) is 0 Å². The number of carbonyl (C=O) groups excluding carboxylic acids is 2. The van der Waals surface area contributed by atoms with E-state index in [1.54, 1.807) is 12.2 Å². The molecular weight excluding hydrogens is 548 g/mol. The first-order valence-corrected chi connectivity index (χ1v) is 16.9. The molecule has 8 atom stereocenters. The van der Waals surface area contributed by atoms with Crippen LogP contribution in [-0.4, -0.2) is 66.5 Å². The Bertz CT molecular complexity index is 1180. The SMILES string of the molecule is C[C@]12C=CC(=O)C=C1CC[C@@H]1[C@@H]2C(O)C[C@@]2(C)[C@H]1CC(C(O)(O)C1CCCCC1)[C@@]2(C(=O)CO)C(O)(O)C1CCCCC1. The first-order chi connectivity index (χ1) is 20.3. The Kier molecular flexibility index (Phi) is 7.96. The molecule has 8 heteroatoms. The van der Waals surface area contributed by atoms with Crippen molar-refractivity contribution < 1.29 is 40.2 Å². The van der Waals surface area contributed by atoms with Crippen LogP contribution in [0.5, 0.6) is 0 Å². The highest BCUT2D eigenvalue weighted by Gasteiger charge is 2.81. The van der Waals surface area contributed by atoms with E-state index in [-0.39, 0.29) is 36.4 Å². The van der Waals surface area contributed by atoms with Crippen molar-refractivity contribution in [3.8, 4) is 0 Å². The number of aliphatic hydroxyl groups excluding tert-OH is 2. The van der Waals surface area contributed by atoms with Crippen LogP contribution in [-0.2, 0) is 9.59 Å². The van der Waals surface area contributed by atoms with Gasteiger partial charge in [0.25, 0.3) is 0 Å². The summed E-state index contributed by atoms with van der Waals surface area (Å²) in [4.78, 5) is 26.8. The third-order valence-electron chi connectivity index (χ3n) is 13.9. The van der Waals surface area contributed by atoms with Gasteiger partial charge in [-0.2, -0.15) is 0 Å². The van der Waals surface area contributed by atoms with E-state index in [1.807, 2.05) is 13.0 Å². The molecule has 0 amide bonds. The Morgan fingerprint density at radius 3 is 2.14 bits per heavy atom. The Balaban J connectivity index is 1.54. The molecule has 240 valence electrons. The van der Waals surface area contributed by atoms with Crippen molar-refractivity contribution in [1.29, 1.82) is 0 Å². The van der Waals surface area contributed by atoms with Gasteiger partial charge in [0, 0.05) is 29.1 Å². The number of aliphatic hydroxyl groups is 6. The molecule has 6 N–H and O–H groups in total. The quantitative estimate of drug-likeness (QED) is 0.253. The Morgan fingerprint density at radius 1 is 0.930 bits per heavy atom. The maximum Gasteiger partial charge on any atom is 0.179 e. The van der Waals surface area contributed by atoms with Crippen molar-refractivity contribution >= 4 is 11.6 Å². The van der Waals surface area contributed by atoms with Crippen LogP contribution in [0, 0.1) is 51.8 Å². The molecule has 6 aliphatic carbocycles. The fraction of sp³-hybridized carbons (Fsp3) is 0.829. The second-order valence-electron chi connectivity index (χ2n) is 15.6. The van der Waals surface area contributed by atoms with Gasteiger partial charge in [-0.3, -0.25) is 9.59 Å². The molecule has 0 aromatic heterocycles. The molecule has 0 heterocycles. The number of Topliss-reactive ketones (excluding diaryl/α,β-unsaturated/α-hetero) is 1. The molecule has 5 fully saturated rings. The second kappa shape index (κ2) is 10.8. The average molecular weight is 601 g/mol. The van der Waals surface area contributed by atoms with Gasteiger partial charge in [0.15, 0.2) is 23.1 Å². The molecule has 0 radical (unpaired) electrons. The Morgan fingerprint density at radius 2 is 1.53 bits per heavy atom. The normalized spacial score (nSPS) is 42.7. The lowest BCUT2D eigenvalue weighted by atomic mass is 9.42. The van der Waals surface area contributed by atoms with E-state index < -0.39 is 64.1 Å². The average Bonchev–Trinajstić information content (AvgIpc) is 3.28. The highest BCUT2D eigenvalue weighted by atomic mass is 16.5. The number of carbonyl (C=O) groups is 2. The molecule has 0 aliphatic heterocycles. The summed E-state index contributed by atoms with van der Waals surface area (Å²) >= 11 is 0. The summed E-state index contributed by atoms with van der Waals surface area (Å²) in [6, 6.07) is 0. The first-order valence-electron chi connectivity index (χ1n) is 16.9. The topological polar surface area (TPSA) is 156 Å². The molecule has 0 aromatic rings. The lowest BCUT2D eigenvalue weighted by molar-refractivity contribution is -0.349. The largest absolute Gasteiger partial charge is 0.393 e. The van der Waals surface area contributed by atoms with Crippen molar-refractivity contribution in [2.45, 2.75) is 121 Å². The zero-order chi connectivity index (χ0) is 31.0. The molecule has 43 heavy (non-hydrogen) atoms. The van der Waals surface area contributed by atoms with Crippen LogP contribution in [0.15, 0.2) is 23.8 Å². The number of rotatable bonds is 6. The lowest BCUT2D eigenvalue weighted by Crippen LogP contribution is -2.72. The number of ketones is 2. The third kappa shape index (κ3) is 4.30. The van der Waals surface area contributed by atoms with Gasteiger partial charge in [-0.05, 0) is 80.8 Å². The Hall–Kier alpha value is -1.42. The lowest BCUT2D eigenvalue weighted by Gasteiger charge is -2.63. The van der Waals surface area contributed by atoms with E-state index in [9.17, 15) is 40.2 Å². The van der Waals surface area contributed by atoms with Crippen LogP contribution >= 0.6 is 0 Å². The maximum absolute atomic E-state index is 14.5. The molecule has 5 saturated carbocycles. The van der Waals surface area contributed by atoms with Crippen molar-refractivity contribution in [3.05, 3.63) is 23.8 Å². The van der Waals surface area contributed by atoms with Gasteiger partial charge in [0.2, 0.25) is 0 Å². The van der Waals surface area contributed by atoms with Gasteiger partial charge in [-0.1, -0.05) is 64.0 Å². The summed E-state index contributed by atoms with van der Waals surface area (Å²) in [7, 11) is 0. The van der Waals surface area contributed by atoms with Crippen LogP contribution in [0.2, 0.25) is 0 Å². The van der Waals surface area contributed by atoms with E-state index in [0.717, 1.165) is 44.1 Å². The van der Waals surface area contributed by atoms with Crippen LogP contribution in [0.1, 0.15) is 104 Å². The molecule has 0 aromatic carbocycles. The minimum Gasteiger partial charge on any atom is -0.393 e. The first kappa shape index (κ1) is 31.6. The molecule has 8 nitrogen and oxygen atoms in total. The molecule has 2 unspecified atom stereocenters. The van der Waals surface area contributed by atoms with E-state index in [4.69, 9.17) is 0 Å². The van der Waals surface area contributed by atoms with Gasteiger partial charge in [-0.25, -0.2) is 0 Å². The minimum absolute atomic E-state index is 0.0576. The number of hydrogen-bond acceptors (Lipinski definition) is 8. The Labute approximate surface area is 255 Å². The fourth-order valence-electron chi connectivity index (χ4n) is 12.0. The highest BCUT2D eigenvalue weighted by molar-refractivity contribution is 6.01. The maximum atomic E-state index is 14.5. The van der Waals surface area contributed by atoms with Crippen molar-refractivity contribution in [3.63, 3.8) is 0 Å². The zero-order valence-corrected chi connectivity index (χ0v) is 25.9. The fourth-order valence-corrected chi connectivity index (χ4v) is 12.0. The molecule has 0 spiro atoms. The zero-order valence-electron chi connectivity index (χ0n) is 25.9. The van der Waals surface area contributed by atoms with Gasteiger partial charge < -0.3 is 30.6 Å². The predicted octanol–water partition coefficient (Wildman–Crippen LogP) is 3.56. The molecular formula is C35H52O8. The number of hydrogen-bond donors (Lipinski definition) is 6. The van der Waals surface area contributed by atoms with E-state index in [1.165, 1.54) is 0 Å². The standard InChI is InChI=1S/C35H52O8/c1-31-16-15-24(37)17-23(31)13-14-25-26-18-28(34(40,41)21-9-5-3-6-10-21)33(29(39)20-36,32(26,2)19-27(38)30(25)31)35(42,43)22-11-7-4-8-12-22/h15-17,21-22,25-28,30,36,38,40-43H,3-14,18-20H2,1-2H3/t25-,26-,27?,28?,30+,31-,32-,33-/m0/s1. The molecule has 6 aliphatic rings. The van der Waals surface area contributed by atoms with E-state index in [2.05, 4.69) is 6.92 Å². The van der Waals surface area contributed by atoms with Crippen LogP contribution < -0.4 is 0 Å². The number of fused-ring (bicyclic) bond motifs is 5. The molecule has 6 rings (SSSR count). The summed E-state index contributed by atoms with van der Waals surface area (Å²) in [5.41, 5.74) is -2.91. The summed E-state index contributed by atoms with van der Waals surface area (Å²) in [5, 5.41) is 72.3. The van der Waals surface area contributed by atoms with Crippen molar-refractivity contribution in [2.24, 2.45) is 51.8 Å². The number of allylic oxidation sites excluding steroid dienone is 4. The van der Waals surface area contributed by atoms with Crippen LogP contribution in [0.25, 0.3) is 0 Å². The van der Waals surface area contributed by atoms with Gasteiger partial charge in [0.05, 0.1) is 11.5 Å². The third-order valence-corrected chi connectivity index (χ3v) is 13.9. The summed E-state index contributed by atoms with van der Waals surface area (Å²) in [6.45, 7) is 2.95. The van der Waals surface area contributed by atoms with E-state index >= 15 is 0 Å². The molecule has 0 saturated heterocycles. The van der Waals surface area contributed by atoms with Crippen molar-refractivity contribution in [2.75, 3.05) is 6.61 Å². The monoisotopic (exact) mass is 600 g/mol. The second-order valence-corrected chi connectivity index (χ2v) is 15.6. The summed E-state index contributed by atoms with van der Waals surface area (Å²) in [5.74, 6) is -9.01. The smallest absolute Gasteiger partial charge is 0.179 e. The van der Waals surface area contributed by atoms with Gasteiger partial charge >= 0.3 is 0 Å².